The van der Waals surface area contributed by atoms with Crippen molar-refractivity contribution in [3.63, 3.8) is 0 Å². The molecule has 0 radical (unpaired) electrons. The van der Waals surface area contributed by atoms with E-state index in [4.69, 9.17) is 16.6 Å². The van der Waals surface area contributed by atoms with Crippen molar-refractivity contribution < 1.29 is 96.4 Å². The fourth-order valence-electron chi connectivity index (χ4n) is 11.3. The minimum Gasteiger partial charge on any atom is -0.497 e. The van der Waals surface area contributed by atoms with Crippen molar-refractivity contribution in [1.29, 1.82) is 10.8 Å². The summed E-state index contributed by atoms with van der Waals surface area (Å²) in [5.41, 5.74) is 7.47. The summed E-state index contributed by atoms with van der Waals surface area (Å²) in [5.74, 6) is -18.4. The number of aliphatic carboxylic acids is 2. The minimum absolute atomic E-state index is 0.0199. The molecule has 39 nitrogen and oxygen atoms in total. The molecule has 3 heterocycles. The van der Waals surface area contributed by atoms with Gasteiger partial charge in [-0.1, -0.05) is 116 Å². The van der Waals surface area contributed by atoms with Crippen molar-refractivity contribution in [2.75, 3.05) is 24.6 Å². The molecule has 24 N–H and O–H groups in total. The predicted molar refractivity (Wildman–Crippen MR) is 444 cm³/mol. The van der Waals surface area contributed by atoms with E-state index < -0.39 is 222 Å². The van der Waals surface area contributed by atoms with E-state index in [0.717, 1.165) is 33.9 Å². The third kappa shape index (κ3) is 28.4. The van der Waals surface area contributed by atoms with Gasteiger partial charge in [0.25, 0.3) is 0 Å². The van der Waals surface area contributed by atoms with Gasteiger partial charge in [0.15, 0.2) is 23.8 Å². The molecule has 3 aromatic carbocycles. The lowest BCUT2D eigenvalue weighted by Gasteiger charge is -2.22. The van der Waals surface area contributed by atoms with Crippen LogP contribution in [0.2, 0.25) is 0 Å². The monoisotopic (exact) mass is 1620 g/mol. The second kappa shape index (κ2) is 44.4. The topological polar surface area (TPSA) is 669 Å². The Bertz CT molecular complexity index is 4510. The third-order valence-corrected chi connectivity index (χ3v) is 20.0. The summed E-state index contributed by atoms with van der Waals surface area (Å²) in [6.07, 6.45) is -0.452. The van der Waals surface area contributed by atoms with Crippen molar-refractivity contribution in [3.05, 3.63) is 102 Å². The molecule has 0 amide bonds. The summed E-state index contributed by atoms with van der Waals surface area (Å²) >= 11 is 0. The van der Waals surface area contributed by atoms with E-state index in [1.807, 2.05) is 12.1 Å². The van der Waals surface area contributed by atoms with Gasteiger partial charge in [0.1, 0.15) is 73.0 Å². The molecule has 114 heavy (non-hydrogen) atoms. The van der Waals surface area contributed by atoms with Crippen LogP contribution < -0.4 is 11.1 Å². The number of carboxylic acid groups (broad SMARTS) is 2. The van der Waals surface area contributed by atoms with Crippen molar-refractivity contribution >= 4 is 144 Å². The van der Waals surface area contributed by atoms with Crippen LogP contribution in [0.25, 0.3) is 21.7 Å². The Labute approximate surface area is 662 Å². The highest BCUT2D eigenvalue weighted by molar-refractivity contribution is 8.76. The van der Waals surface area contributed by atoms with Crippen LogP contribution in [0.5, 0.6) is 0 Å². The van der Waals surface area contributed by atoms with Crippen molar-refractivity contribution in [1.82, 2.24) is 20.3 Å². The van der Waals surface area contributed by atoms with Crippen LogP contribution >= 0.6 is 21.6 Å². The number of aromatic amines is 2. The molecule has 0 saturated heterocycles. The van der Waals surface area contributed by atoms with Crippen LogP contribution in [0.3, 0.4) is 0 Å². The maximum Gasteiger partial charge on any atom is 0.331 e. The molecule has 0 fully saturated rings. The first kappa shape index (κ1) is 91.0. The molecule has 0 aliphatic carbocycles. The lowest BCUT2D eigenvalue weighted by molar-refractivity contribution is -0.141. The van der Waals surface area contributed by atoms with Gasteiger partial charge in [-0.2, -0.15) is 0 Å². The largest absolute Gasteiger partial charge is 0.497 e. The predicted octanol–water partition coefficient (Wildman–Crippen LogP) is 8.59. The molecule has 14 unspecified atom stereocenters. The second-order valence-corrected chi connectivity index (χ2v) is 29.5. The SMILES string of the molecule is CCC(C)C(N=C(C)O)C(O)=NC1CSSCC(C(O)=NC(C(=O)O)C(C)O)N=C(O)C(CCCNC(=N)N)N=C(O)C(Cc2cnc[nH]2)N=C(O)C(C)N=C(O)CN=C(O)C(Cc2c[nH]c3ccccc23)N=C(O)C(CC(=O)O)N=C(O)C(CCC(=N)O)N=C(O)C(Cc2cccc3ccccc23)N=C(O)C(C(C)C)N=C1O. The van der Waals surface area contributed by atoms with E-state index in [-0.39, 0.29) is 44.4 Å². The maximum absolute atomic E-state index is 12.7. The van der Waals surface area contributed by atoms with Gasteiger partial charge in [0.05, 0.1) is 18.9 Å². The number of hydrogen-bond donors (Lipinski definition) is 23. The van der Waals surface area contributed by atoms with Crippen molar-refractivity contribution in [2.45, 2.75) is 185 Å². The first-order chi connectivity index (χ1) is 54.0. The number of imidazole rings is 1. The Kier molecular flexibility index (Phi) is 35.4. The zero-order valence-corrected chi connectivity index (χ0v) is 65.1. The number of hydrogen-bond acceptors (Lipinski definition) is 21. The molecule has 2 aromatic heterocycles. The van der Waals surface area contributed by atoms with E-state index in [1.54, 1.807) is 88.5 Å². The molecule has 41 heteroatoms. The van der Waals surface area contributed by atoms with E-state index in [2.05, 4.69) is 85.2 Å². The van der Waals surface area contributed by atoms with E-state index in [0.29, 0.717) is 39.5 Å². The smallest absolute Gasteiger partial charge is 0.331 e. The lowest BCUT2D eigenvalue weighted by atomic mass is 9.98. The summed E-state index contributed by atoms with van der Waals surface area (Å²) < 4.78 is 0. The quantitative estimate of drug-likeness (QED) is 0.0112. The van der Waals surface area contributed by atoms with Crippen LogP contribution in [0.4, 0.5) is 0 Å². The molecule has 5 aromatic rings. The Morgan fingerprint density at radius 3 is 1.84 bits per heavy atom. The molecule has 1 aliphatic rings. The Morgan fingerprint density at radius 1 is 0.632 bits per heavy atom. The summed E-state index contributed by atoms with van der Waals surface area (Å²) in [6.45, 7) is 9.36. The number of aliphatic hydroxyl groups is 15. The van der Waals surface area contributed by atoms with Gasteiger partial charge in [-0.05, 0) is 72.9 Å². The molecule has 0 spiro atoms. The number of benzene rings is 3. The number of aromatic nitrogens is 3. The zero-order chi connectivity index (χ0) is 84.0. The van der Waals surface area contributed by atoms with Gasteiger partial charge in [0, 0.05) is 79.6 Å². The standard InChI is InChI=1S/C73H100N20O19S2/c1-8-36(4)59(83-39(7)95)71(110)91-54-33-114-113-32-53(69(108)93-60(38(6)94)72(111)112)90-63(102)47(21-14-24-78-73(75)76)84-66(105)51(27-43-30-77-34-81-43)86-61(100)37(5)82-56(97)31-80-62(101)49(26-42-29-79-46-20-12-11-19-45(42)46)87-67(106)52(28-57(98)99)88-64(103)48(22-23-55(74)96)85-65(104)50(89-70(109)58(35(2)3)92-68(54)107)25-41-17-13-16-40-15-9-10-18-44(40)41/h9-13,15-20,29-30,34-38,47-54,58-60,79,94H,8,14,21-28,31-33H2,1-7H3,(H2,74,96)(H,77,81)(H,80,101)(H,82,97)(H,83,95)(H,84,105)(H,85,104)(H,86,100)(H,87,106)(H,88,103)(H,89,109)(H,90,102)(H,91,110)(H,92,107)(H,93,108)(H,98,99)(H,111,112)(H4,75,76,78). The van der Waals surface area contributed by atoms with Crippen LogP contribution in [0.1, 0.15) is 104 Å². The van der Waals surface area contributed by atoms with Crippen molar-refractivity contribution in [2.24, 2.45) is 82.5 Å². The average molecular weight is 1630 g/mol. The Balaban J connectivity index is 1.66. The van der Waals surface area contributed by atoms with E-state index >= 15 is 0 Å². The highest BCUT2D eigenvalue weighted by Crippen LogP contribution is 2.29. The molecule has 0 bridgehead atoms. The first-order valence-corrected chi connectivity index (χ1v) is 38.6. The van der Waals surface area contributed by atoms with Crippen LogP contribution in [0.15, 0.2) is 150 Å². The summed E-state index contributed by atoms with van der Waals surface area (Å²) in [4.78, 5) is 90.5. The summed E-state index contributed by atoms with van der Waals surface area (Å²) in [6, 6.07) is -0.801. The highest BCUT2D eigenvalue weighted by Gasteiger charge is 2.34. The summed E-state index contributed by atoms with van der Waals surface area (Å²) in [5, 5.41) is 215. The number of para-hydroxylation sites is 1. The molecule has 1 aliphatic heterocycles. The highest BCUT2D eigenvalue weighted by atomic mass is 33.1. The van der Waals surface area contributed by atoms with Gasteiger partial charge in [-0.25, -0.2) is 74.7 Å². The fourth-order valence-corrected chi connectivity index (χ4v) is 13.6. The molecular formula is C73H100N20O19S2. The number of rotatable bonds is 25. The number of nitrogens with zero attached hydrogens (tertiary/aromatic N) is 14. The number of aliphatic imine (C=N–C) groups is 13. The number of H-pyrrole nitrogens is 2. The lowest BCUT2D eigenvalue weighted by Crippen LogP contribution is -2.35. The van der Waals surface area contributed by atoms with E-state index in [9.17, 15) is 96.4 Å². The number of fused-ring (bicyclic) bond motifs is 2. The molecular weight excluding hydrogens is 1530 g/mol. The normalized spacial score (nSPS) is 23.2. The van der Waals surface area contributed by atoms with E-state index in [1.165, 1.54) is 26.4 Å². The minimum atomic E-state index is -2.04. The Morgan fingerprint density at radius 2 is 1.21 bits per heavy atom. The van der Waals surface area contributed by atoms with Crippen LogP contribution in [0, 0.1) is 22.7 Å². The van der Waals surface area contributed by atoms with Gasteiger partial charge in [-0.3, -0.25) is 15.6 Å². The maximum atomic E-state index is 12.7. The Hall–Kier alpha value is -11.9. The van der Waals surface area contributed by atoms with Crippen molar-refractivity contribution in [3.8, 4) is 0 Å². The second-order valence-electron chi connectivity index (χ2n) is 26.9. The van der Waals surface area contributed by atoms with Gasteiger partial charge < -0.3 is 108 Å². The van der Waals surface area contributed by atoms with Gasteiger partial charge in [-0.15, -0.1) is 0 Å². The van der Waals surface area contributed by atoms with Crippen LogP contribution in [-0.4, -0.2) is 305 Å². The average Bonchev–Trinajstić information content (AvgIpc) is 0.918. The number of carbonyl (C=O) groups is 2. The first-order valence-electron chi connectivity index (χ1n) is 36.1. The fraction of sp³-hybridized carbons (Fsp3) is 0.479. The molecule has 618 valence electrons. The zero-order valence-electron chi connectivity index (χ0n) is 63.5. The molecule has 14 atom stereocenters. The number of nitrogens with one attached hydrogen (secondary N) is 5. The number of nitrogens with two attached hydrogens (primary N) is 1. The van der Waals surface area contributed by atoms with Crippen LogP contribution in [-0.2, 0) is 28.9 Å². The summed E-state index contributed by atoms with van der Waals surface area (Å²) in [7, 11) is 1.70. The van der Waals surface area contributed by atoms with Gasteiger partial charge in [0.2, 0.25) is 70.8 Å². The third-order valence-electron chi connectivity index (χ3n) is 17.6. The number of guanidine groups is 1. The van der Waals surface area contributed by atoms with Gasteiger partial charge >= 0.3 is 11.9 Å². The number of aliphatic hydroxyl groups excluding tert-OH is 15. The molecule has 0 saturated carbocycles. The number of carboxylic acids is 2. The molecule has 6 rings (SSSR count).